The fraction of sp³-hybridized carbons (Fsp3) is 0.0417. The molecule has 36 heavy (non-hydrogen) atoms. The third kappa shape index (κ3) is 5.39. The van der Waals surface area contributed by atoms with Crippen LogP contribution in [0.1, 0.15) is 17.0 Å². The number of benzene rings is 3. The summed E-state index contributed by atoms with van der Waals surface area (Å²) < 4.78 is 0. The highest BCUT2D eigenvalue weighted by molar-refractivity contribution is 5.88. The third-order valence-electron chi connectivity index (χ3n) is 5.16. The maximum Gasteiger partial charge on any atom is 0.355 e. The van der Waals surface area contributed by atoms with E-state index >= 15 is 0 Å². The minimum atomic E-state index is -0.722. The summed E-state index contributed by atoms with van der Waals surface area (Å²) >= 11 is 0. The van der Waals surface area contributed by atoms with Crippen molar-refractivity contribution in [3.63, 3.8) is 0 Å². The smallest absolute Gasteiger partial charge is 0.334 e. The molecule has 1 heterocycles. The van der Waals surface area contributed by atoms with E-state index in [1.165, 1.54) is 24.3 Å². The molecule has 0 bridgehead atoms. The number of anilines is 3. The fourth-order valence-electron chi connectivity index (χ4n) is 3.55. The van der Waals surface area contributed by atoms with E-state index in [1.54, 1.807) is 0 Å². The van der Waals surface area contributed by atoms with Gasteiger partial charge in [0.05, 0.1) is 15.8 Å². The molecular formula is C24H19N7O5. The Kier molecular flexibility index (Phi) is 7.06. The standard InChI is InChI=1S/C24H19N7O5/c32-24(20(16-8-3-1-4-9-16)17-10-5-2-6-11-17)29-28-23-21(31(35)36)22(25-15-26-23)27-18-12-7-13-19(14-18)30(33)34/h1-15,20H,(H,29,32)(H2,25,26,27,28). The lowest BCUT2D eigenvalue weighted by Gasteiger charge is -2.18. The number of aromatic nitrogens is 2. The quantitative estimate of drug-likeness (QED) is 0.231. The van der Waals surface area contributed by atoms with Crippen LogP contribution in [0.2, 0.25) is 0 Å². The molecule has 12 nitrogen and oxygen atoms in total. The first-order chi connectivity index (χ1) is 17.4. The van der Waals surface area contributed by atoms with E-state index in [0.717, 1.165) is 17.5 Å². The average molecular weight is 485 g/mol. The molecule has 3 aromatic carbocycles. The molecule has 1 amide bonds. The second kappa shape index (κ2) is 10.7. The van der Waals surface area contributed by atoms with Crippen molar-refractivity contribution >= 4 is 34.6 Å². The predicted molar refractivity (Wildman–Crippen MR) is 132 cm³/mol. The Bertz CT molecular complexity index is 1360. The molecule has 3 N–H and O–H groups in total. The molecule has 0 radical (unpaired) electrons. The first kappa shape index (κ1) is 23.8. The van der Waals surface area contributed by atoms with Crippen LogP contribution in [0.3, 0.4) is 0 Å². The highest BCUT2D eigenvalue weighted by Crippen LogP contribution is 2.32. The summed E-state index contributed by atoms with van der Waals surface area (Å²) in [6, 6.07) is 23.6. The average Bonchev–Trinajstić information content (AvgIpc) is 2.89. The highest BCUT2D eigenvalue weighted by atomic mass is 16.6. The third-order valence-corrected chi connectivity index (χ3v) is 5.16. The summed E-state index contributed by atoms with van der Waals surface area (Å²) in [6.07, 6.45) is 1.06. The van der Waals surface area contributed by atoms with Gasteiger partial charge in [0.2, 0.25) is 17.5 Å². The Balaban J connectivity index is 1.60. The minimum absolute atomic E-state index is 0.199. The first-order valence-corrected chi connectivity index (χ1v) is 10.6. The molecule has 0 saturated heterocycles. The van der Waals surface area contributed by atoms with Crippen molar-refractivity contribution in [3.8, 4) is 0 Å². The van der Waals surface area contributed by atoms with Crippen molar-refractivity contribution in [3.05, 3.63) is 123 Å². The number of carbonyl (C=O) groups is 1. The SMILES string of the molecule is O=C(NNc1ncnc(Nc2cccc([N+](=O)[O-])c2)c1[N+](=O)[O-])C(c1ccccc1)c1ccccc1. The van der Waals surface area contributed by atoms with Crippen LogP contribution in [-0.4, -0.2) is 25.7 Å². The van der Waals surface area contributed by atoms with E-state index in [1.807, 2.05) is 60.7 Å². The Labute approximate surface area is 204 Å². The van der Waals surface area contributed by atoms with Gasteiger partial charge in [-0.3, -0.25) is 35.9 Å². The Hall–Kier alpha value is -5.39. The van der Waals surface area contributed by atoms with Gasteiger partial charge in [0.1, 0.15) is 6.33 Å². The van der Waals surface area contributed by atoms with E-state index in [0.29, 0.717) is 0 Å². The van der Waals surface area contributed by atoms with Crippen molar-refractivity contribution in [2.24, 2.45) is 0 Å². The lowest BCUT2D eigenvalue weighted by Crippen LogP contribution is -2.35. The van der Waals surface area contributed by atoms with Gasteiger partial charge in [-0.05, 0) is 17.2 Å². The Morgan fingerprint density at radius 1 is 0.778 bits per heavy atom. The summed E-state index contributed by atoms with van der Waals surface area (Å²) in [7, 11) is 0. The van der Waals surface area contributed by atoms with Crippen molar-refractivity contribution < 1.29 is 14.6 Å². The van der Waals surface area contributed by atoms with E-state index in [4.69, 9.17) is 0 Å². The van der Waals surface area contributed by atoms with E-state index < -0.39 is 27.4 Å². The number of hydrazine groups is 1. The highest BCUT2D eigenvalue weighted by Gasteiger charge is 2.26. The number of nitro benzene ring substituents is 1. The summed E-state index contributed by atoms with van der Waals surface area (Å²) in [5.41, 5.74) is 5.96. The van der Waals surface area contributed by atoms with Gasteiger partial charge in [0.25, 0.3) is 5.69 Å². The minimum Gasteiger partial charge on any atom is -0.334 e. The Morgan fingerprint density at radius 2 is 1.39 bits per heavy atom. The zero-order valence-electron chi connectivity index (χ0n) is 18.6. The molecule has 180 valence electrons. The molecular weight excluding hydrogens is 466 g/mol. The van der Waals surface area contributed by atoms with Gasteiger partial charge in [-0.15, -0.1) is 0 Å². The molecule has 4 aromatic rings. The number of carbonyl (C=O) groups excluding carboxylic acids is 1. The number of nitro groups is 2. The number of amides is 1. The van der Waals surface area contributed by atoms with Crippen LogP contribution in [0, 0.1) is 20.2 Å². The molecule has 0 unspecified atom stereocenters. The van der Waals surface area contributed by atoms with Crippen molar-refractivity contribution in [1.82, 2.24) is 15.4 Å². The Morgan fingerprint density at radius 3 is 1.97 bits per heavy atom. The number of hydrogen-bond donors (Lipinski definition) is 3. The van der Waals surface area contributed by atoms with Gasteiger partial charge < -0.3 is 5.32 Å². The maximum atomic E-state index is 13.2. The van der Waals surface area contributed by atoms with Gasteiger partial charge in [0.15, 0.2) is 0 Å². The molecule has 0 atom stereocenters. The normalized spacial score (nSPS) is 10.5. The number of rotatable bonds is 9. The van der Waals surface area contributed by atoms with Crippen molar-refractivity contribution in [2.75, 3.05) is 10.7 Å². The summed E-state index contributed by atoms with van der Waals surface area (Å²) in [6.45, 7) is 0. The van der Waals surface area contributed by atoms with Crippen LogP contribution in [0.4, 0.5) is 28.7 Å². The molecule has 12 heteroatoms. The summed E-state index contributed by atoms with van der Waals surface area (Å²) in [5, 5.41) is 25.6. The number of nitrogens with one attached hydrogen (secondary N) is 3. The second-order valence-electron chi connectivity index (χ2n) is 7.48. The summed E-state index contributed by atoms with van der Waals surface area (Å²) in [5.74, 6) is -1.64. The molecule has 0 aliphatic rings. The zero-order chi connectivity index (χ0) is 25.5. The first-order valence-electron chi connectivity index (χ1n) is 10.6. The molecule has 0 saturated carbocycles. The second-order valence-corrected chi connectivity index (χ2v) is 7.48. The topological polar surface area (TPSA) is 165 Å². The lowest BCUT2D eigenvalue weighted by molar-refractivity contribution is -0.384. The van der Waals surface area contributed by atoms with Crippen molar-refractivity contribution in [2.45, 2.75) is 5.92 Å². The zero-order valence-corrected chi connectivity index (χ0v) is 18.6. The van der Waals surface area contributed by atoms with E-state index in [-0.39, 0.29) is 23.0 Å². The van der Waals surface area contributed by atoms with Crippen LogP contribution in [0.15, 0.2) is 91.3 Å². The monoisotopic (exact) mass is 485 g/mol. The van der Waals surface area contributed by atoms with E-state index in [2.05, 4.69) is 26.1 Å². The van der Waals surface area contributed by atoms with Gasteiger partial charge in [0, 0.05) is 17.8 Å². The van der Waals surface area contributed by atoms with Gasteiger partial charge in [-0.2, -0.15) is 0 Å². The molecule has 4 rings (SSSR count). The number of non-ortho nitro benzene ring substituents is 1. The summed E-state index contributed by atoms with van der Waals surface area (Å²) in [4.78, 5) is 42.6. The van der Waals surface area contributed by atoms with Crippen LogP contribution < -0.4 is 16.2 Å². The molecule has 1 aromatic heterocycles. The molecule has 0 fully saturated rings. The van der Waals surface area contributed by atoms with Crippen LogP contribution in [0.5, 0.6) is 0 Å². The number of hydrogen-bond acceptors (Lipinski definition) is 9. The van der Waals surface area contributed by atoms with Crippen LogP contribution in [-0.2, 0) is 4.79 Å². The fourth-order valence-corrected chi connectivity index (χ4v) is 3.55. The van der Waals surface area contributed by atoms with E-state index in [9.17, 15) is 25.0 Å². The molecule has 0 aliphatic heterocycles. The van der Waals surface area contributed by atoms with Crippen LogP contribution in [0.25, 0.3) is 0 Å². The van der Waals surface area contributed by atoms with Crippen LogP contribution >= 0.6 is 0 Å². The van der Waals surface area contributed by atoms with Gasteiger partial charge in [-0.1, -0.05) is 66.7 Å². The van der Waals surface area contributed by atoms with Gasteiger partial charge in [-0.25, -0.2) is 9.97 Å². The predicted octanol–water partition coefficient (Wildman–Crippen LogP) is 4.31. The molecule has 0 aliphatic carbocycles. The number of nitrogens with zero attached hydrogens (tertiary/aromatic N) is 4. The maximum absolute atomic E-state index is 13.2. The lowest BCUT2D eigenvalue weighted by atomic mass is 9.91. The van der Waals surface area contributed by atoms with Gasteiger partial charge >= 0.3 is 5.69 Å². The van der Waals surface area contributed by atoms with Crippen molar-refractivity contribution in [1.29, 1.82) is 0 Å². The molecule has 0 spiro atoms. The largest absolute Gasteiger partial charge is 0.355 e.